The molecule has 0 unspecified atom stereocenters. The van der Waals surface area contributed by atoms with Gasteiger partial charge in [0.1, 0.15) is 11.5 Å². The maximum atomic E-state index is 10.6. The van der Waals surface area contributed by atoms with Crippen molar-refractivity contribution in [1.82, 2.24) is 5.32 Å². The number of fused-ring (bicyclic) bond motifs is 2. The van der Waals surface area contributed by atoms with Crippen molar-refractivity contribution < 1.29 is 9.84 Å². The molecule has 0 aliphatic carbocycles. The molecule has 0 radical (unpaired) electrons. The lowest BCUT2D eigenvalue weighted by Gasteiger charge is -2.27. The maximum absolute atomic E-state index is 10.6. The Hall–Kier alpha value is -3.04. The van der Waals surface area contributed by atoms with Gasteiger partial charge in [-0.2, -0.15) is 0 Å². The number of ether oxygens (including phenoxy) is 1. The maximum Gasteiger partial charge on any atom is 0.123 e. The van der Waals surface area contributed by atoms with Crippen molar-refractivity contribution in [2.24, 2.45) is 5.92 Å². The molecule has 2 N–H and O–H groups in total. The zero-order valence-corrected chi connectivity index (χ0v) is 15.7. The SMILES string of the molecule is Oc1ccc2ccccc2c1Cc1c(OCC2CNC2)ccc2ccccc12. The Labute approximate surface area is 164 Å². The summed E-state index contributed by atoms with van der Waals surface area (Å²) in [5, 5.41) is 18.5. The Morgan fingerprint density at radius 2 is 1.43 bits per heavy atom. The van der Waals surface area contributed by atoms with Crippen molar-refractivity contribution in [3.8, 4) is 11.5 Å². The van der Waals surface area contributed by atoms with E-state index in [1.165, 1.54) is 10.8 Å². The fraction of sp³-hybridized carbons (Fsp3) is 0.200. The summed E-state index contributed by atoms with van der Waals surface area (Å²) in [5.74, 6) is 1.82. The topological polar surface area (TPSA) is 41.5 Å². The summed E-state index contributed by atoms with van der Waals surface area (Å²) >= 11 is 0. The first kappa shape index (κ1) is 17.1. The number of nitrogens with one attached hydrogen (secondary N) is 1. The number of aromatic hydroxyl groups is 1. The van der Waals surface area contributed by atoms with Crippen LogP contribution in [0.15, 0.2) is 72.8 Å². The third-order valence-electron chi connectivity index (χ3n) is 5.71. The second kappa shape index (κ2) is 7.17. The molecule has 0 bridgehead atoms. The van der Waals surface area contributed by atoms with Crippen LogP contribution in [0.2, 0.25) is 0 Å². The summed E-state index contributed by atoms with van der Waals surface area (Å²) in [4.78, 5) is 0. The fourth-order valence-corrected chi connectivity index (χ4v) is 3.99. The van der Waals surface area contributed by atoms with E-state index in [2.05, 4.69) is 53.8 Å². The second-order valence-corrected chi connectivity index (χ2v) is 7.56. The molecule has 140 valence electrons. The molecule has 1 fully saturated rings. The summed E-state index contributed by atoms with van der Waals surface area (Å²) in [6, 6.07) is 24.6. The number of benzene rings is 4. The molecular formula is C25H23NO2. The first-order chi connectivity index (χ1) is 13.8. The summed E-state index contributed by atoms with van der Waals surface area (Å²) in [7, 11) is 0. The Kier molecular flexibility index (Phi) is 4.38. The quantitative estimate of drug-likeness (QED) is 0.526. The van der Waals surface area contributed by atoms with Crippen LogP contribution < -0.4 is 10.1 Å². The van der Waals surface area contributed by atoms with Crippen LogP contribution in [0.4, 0.5) is 0 Å². The lowest BCUT2D eigenvalue weighted by molar-refractivity contribution is 0.198. The molecule has 5 rings (SSSR count). The molecule has 1 aliphatic heterocycles. The van der Waals surface area contributed by atoms with Gasteiger partial charge in [0.25, 0.3) is 0 Å². The van der Waals surface area contributed by atoms with Crippen LogP contribution in [0.3, 0.4) is 0 Å². The molecule has 3 nitrogen and oxygen atoms in total. The van der Waals surface area contributed by atoms with E-state index in [-0.39, 0.29) is 0 Å². The standard InChI is InChI=1S/C25H23NO2/c27-24-11-9-18-5-1-3-7-20(18)22(24)13-23-21-8-4-2-6-19(21)10-12-25(23)28-16-17-14-26-15-17/h1-12,17,26-27H,13-16H2. The predicted octanol–water partition coefficient (Wildman–Crippen LogP) is 4.89. The van der Waals surface area contributed by atoms with E-state index < -0.39 is 0 Å². The highest BCUT2D eigenvalue weighted by molar-refractivity contribution is 5.91. The third-order valence-corrected chi connectivity index (χ3v) is 5.71. The van der Waals surface area contributed by atoms with Crippen LogP contribution in [-0.2, 0) is 6.42 Å². The highest BCUT2D eigenvalue weighted by Crippen LogP contribution is 2.35. The average molecular weight is 369 g/mol. The molecule has 1 saturated heterocycles. The van der Waals surface area contributed by atoms with Crippen LogP contribution in [0, 0.1) is 5.92 Å². The van der Waals surface area contributed by atoms with Gasteiger partial charge in [0.15, 0.2) is 0 Å². The molecule has 4 aromatic carbocycles. The monoisotopic (exact) mass is 369 g/mol. The van der Waals surface area contributed by atoms with Crippen molar-refractivity contribution in [3.63, 3.8) is 0 Å². The van der Waals surface area contributed by atoms with E-state index >= 15 is 0 Å². The van der Waals surface area contributed by atoms with Crippen LogP contribution in [-0.4, -0.2) is 24.8 Å². The van der Waals surface area contributed by atoms with Crippen molar-refractivity contribution in [2.45, 2.75) is 6.42 Å². The molecule has 0 saturated carbocycles. The fourth-order valence-electron chi connectivity index (χ4n) is 3.99. The van der Waals surface area contributed by atoms with Crippen LogP contribution in [0.1, 0.15) is 11.1 Å². The highest BCUT2D eigenvalue weighted by atomic mass is 16.5. The van der Waals surface area contributed by atoms with Gasteiger partial charge in [-0.1, -0.05) is 60.7 Å². The van der Waals surface area contributed by atoms with Gasteiger partial charge in [0.05, 0.1) is 6.61 Å². The molecule has 3 heteroatoms. The molecule has 0 atom stereocenters. The second-order valence-electron chi connectivity index (χ2n) is 7.56. The first-order valence-corrected chi connectivity index (χ1v) is 9.83. The Morgan fingerprint density at radius 1 is 0.786 bits per heavy atom. The lowest BCUT2D eigenvalue weighted by Crippen LogP contribution is -2.45. The van der Waals surface area contributed by atoms with E-state index in [4.69, 9.17) is 4.74 Å². The lowest BCUT2D eigenvalue weighted by atomic mass is 9.93. The van der Waals surface area contributed by atoms with E-state index in [1.54, 1.807) is 6.07 Å². The van der Waals surface area contributed by atoms with Crippen molar-refractivity contribution >= 4 is 21.5 Å². The van der Waals surface area contributed by atoms with E-state index in [0.29, 0.717) is 18.1 Å². The average Bonchev–Trinajstić information content (AvgIpc) is 2.70. The minimum atomic E-state index is 0.334. The smallest absolute Gasteiger partial charge is 0.123 e. The van der Waals surface area contributed by atoms with Gasteiger partial charge in [-0.25, -0.2) is 0 Å². The van der Waals surface area contributed by atoms with Gasteiger partial charge in [-0.3, -0.25) is 0 Å². The van der Waals surface area contributed by atoms with Crippen molar-refractivity contribution in [2.75, 3.05) is 19.7 Å². The summed E-state index contributed by atoms with van der Waals surface area (Å²) < 4.78 is 6.25. The number of rotatable bonds is 5. The van der Waals surface area contributed by atoms with Crippen LogP contribution >= 0.6 is 0 Å². The molecule has 0 aromatic heterocycles. The number of phenols is 1. The van der Waals surface area contributed by atoms with Gasteiger partial charge in [0, 0.05) is 36.6 Å². The van der Waals surface area contributed by atoms with Crippen LogP contribution in [0.5, 0.6) is 11.5 Å². The third kappa shape index (κ3) is 3.08. The zero-order valence-electron chi connectivity index (χ0n) is 15.7. The summed E-state index contributed by atoms with van der Waals surface area (Å²) in [6.07, 6.45) is 0.632. The number of phenolic OH excluding ortho intramolecular Hbond substituents is 1. The summed E-state index contributed by atoms with van der Waals surface area (Å²) in [5.41, 5.74) is 2.08. The summed E-state index contributed by atoms with van der Waals surface area (Å²) in [6.45, 7) is 2.76. The van der Waals surface area contributed by atoms with Crippen LogP contribution in [0.25, 0.3) is 21.5 Å². The van der Waals surface area contributed by atoms with Gasteiger partial charge in [-0.15, -0.1) is 0 Å². The number of hydrogen-bond acceptors (Lipinski definition) is 3. The molecular weight excluding hydrogens is 346 g/mol. The highest BCUT2D eigenvalue weighted by Gasteiger charge is 2.19. The molecule has 4 aromatic rings. The van der Waals surface area contributed by atoms with Crippen molar-refractivity contribution in [1.29, 1.82) is 0 Å². The number of hydrogen-bond donors (Lipinski definition) is 2. The Morgan fingerprint density at radius 3 is 2.11 bits per heavy atom. The van der Waals surface area contributed by atoms with E-state index in [9.17, 15) is 5.11 Å². The molecule has 1 heterocycles. The normalized spacial score (nSPS) is 14.3. The van der Waals surface area contributed by atoms with Gasteiger partial charge in [-0.05, 0) is 33.7 Å². The molecule has 28 heavy (non-hydrogen) atoms. The molecule has 0 amide bonds. The zero-order chi connectivity index (χ0) is 18.9. The molecule has 1 aliphatic rings. The van der Waals surface area contributed by atoms with Gasteiger partial charge >= 0.3 is 0 Å². The van der Waals surface area contributed by atoms with Gasteiger partial charge in [0.2, 0.25) is 0 Å². The molecule has 0 spiro atoms. The predicted molar refractivity (Wildman–Crippen MR) is 114 cm³/mol. The minimum absolute atomic E-state index is 0.334. The van der Waals surface area contributed by atoms with E-state index in [1.807, 2.05) is 18.2 Å². The Balaban J connectivity index is 1.62. The largest absolute Gasteiger partial charge is 0.508 e. The Bertz CT molecular complexity index is 1150. The van der Waals surface area contributed by atoms with Gasteiger partial charge < -0.3 is 15.2 Å². The minimum Gasteiger partial charge on any atom is -0.508 e. The first-order valence-electron chi connectivity index (χ1n) is 9.83. The van der Waals surface area contributed by atoms with E-state index in [0.717, 1.165) is 47.3 Å². The van der Waals surface area contributed by atoms with Crippen molar-refractivity contribution in [3.05, 3.63) is 83.9 Å².